The van der Waals surface area contributed by atoms with Crippen LogP contribution in [0.2, 0.25) is 0 Å². The number of benzene rings is 2. The molecule has 20 heavy (non-hydrogen) atoms. The molecule has 2 aromatic carbocycles. The van der Waals surface area contributed by atoms with Gasteiger partial charge in [-0.2, -0.15) is 0 Å². The van der Waals surface area contributed by atoms with Crippen LogP contribution >= 0.6 is 31.9 Å². The van der Waals surface area contributed by atoms with Crippen molar-refractivity contribution in [3.63, 3.8) is 0 Å². The molecule has 2 nitrogen and oxygen atoms in total. The predicted molar refractivity (Wildman–Crippen MR) is 84.4 cm³/mol. The van der Waals surface area contributed by atoms with Crippen LogP contribution in [0.4, 0.5) is 4.39 Å². The summed E-state index contributed by atoms with van der Waals surface area (Å²) in [5.41, 5.74) is 1.91. The van der Waals surface area contributed by atoms with E-state index in [1.807, 2.05) is 18.2 Å². The number of ether oxygens (including phenoxy) is 2. The van der Waals surface area contributed by atoms with E-state index in [1.165, 1.54) is 6.07 Å². The van der Waals surface area contributed by atoms with Gasteiger partial charge in [0, 0.05) is 6.07 Å². The zero-order valence-electron chi connectivity index (χ0n) is 11.0. The largest absolute Gasteiger partial charge is 0.497 e. The zero-order chi connectivity index (χ0) is 14.7. The predicted octanol–water partition coefficient (Wildman–Crippen LogP) is 5.09. The van der Waals surface area contributed by atoms with E-state index >= 15 is 0 Å². The third kappa shape index (κ3) is 3.33. The second kappa shape index (κ2) is 6.59. The molecule has 0 bridgehead atoms. The highest BCUT2D eigenvalue weighted by Gasteiger charge is 2.14. The average molecular weight is 404 g/mol. The lowest BCUT2D eigenvalue weighted by molar-refractivity contribution is 0.393. The van der Waals surface area contributed by atoms with Crippen molar-refractivity contribution >= 4 is 31.9 Å². The number of hydrogen-bond acceptors (Lipinski definition) is 2. The molecule has 5 heteroatoms. The first kappa shape index (κ1) is 15.3. The molecule has 1 atom stereocenters. The third-order valence-corrected chi connectivity index (χ3v) is 4.57. The van der Waals surface area contributed by atoms with Gasteiger partial charge in [0.15, 0.2) is 0 Å². The van der Waals surface area contributed by atoms with Crippen LogP contribution in [0, 0.1) is 5.82 Å². The summed E-state index contributed by atoms with van der Waals surface area (Å²) in [7, 11) is 3.21. The molecule has 0 saturated carbocycles. The molecule has 0 N–H and O–H groups in total. The van der Waals surface area contributed by atoms with Crippen LogP contribution in [0.15, 0.2) is 40.9 Å². The van der Waals surface area contributed by atoms with E-state index in [4.69, 9.17) is 9.47 Å². The summed E-state index contributed by atoms with van der Waals surface area (Å²) in [6.45, 7) is 0. The number of alkyl halides is 1. The Morgan fingerprint density at radius 3 is 2.05 bits per heavy atom. The first-order valence-corrected chi connectivity index (χ1v) is 7.58. The Hall–Kier alpha value is -1.07. The molecular weight excluding hydrogens is 391 g/mol. The summed E-state index contributed by atoms with van der Waals surface area (Å²) < 4.78 is 24.3. The van der Waals surface area contributed by atoms with Gasteiger partial charge in [-0.05, 0) is 51.3 Å². The van der Waals surface area contributed by atoms with Gasteiger partial charge in [-0.15, -0.1) is 0 Å². The summed E-state index contributed by atoms with van der Waals surface area (Å²) >= 11 is 6.82. The second-order valence-corrected chi connectivity index (χ2v) is 5.95. The van der Waals surface area contributed by atoms with Gasteiger partial charge in [0.1, 0.15) is 17.3 Å². The molecule has 0 heterocycles. The molecule has 0 aliphatic heterocycles. The van der Waals surface area contributed by atoms with Gasteiger partial charge in [-0.25, -0.2) is 4.39 Å². The Labute approximate surface area is 134 Å². The normalized spacial score (nSPS) is 12.1. The van der Waals surface area contributed by atoms with E-state index in [2.05, 4.69) is 31.9 Å². The van der Waals surface area contributed by atoms with E-state index in [-0.39, 0.29) is 10.6 Å². The van der Waals surface area contributed by atoms with Gasteiger partial charge < -0.3 is 9.47 Å². The number of halogens is 3. The monoisotopic (exact) mass is 402 g/mol. The van der Waals surface area contributed by atoms with Gasteiger partial charge in [-0.1, -0.05) is 22.0 Å². The van der Waals surface area contributed by atoms with Gasteiger partial charge in [-0.3, -0.25) is 0 Å². The number of hydrogen-bond donors (Lipinski definition) is 0. The molecule has 0 saturated heterocycles. The molecular formula is C15H13Br2FO2. The summed E-state index contributed by atoms with van der Waals surface area (Å²) in [6.07, 6.45) is 0. The molecule has 2 rings (SSSR count). The quantitative estimate of drug-likeness (QED) is 0.662. The maximum Gasteiger partial charge on any atom is 0.137 e. The topological polar surface area (TPSA) is 18.5 Å². The fourth-order valence-electron chi connectivity index (χ4n) is 1.84. The Morgan fingerprint density at radius 1 is 0.950 bits per heavy atom. The van der Waals surface area contributed by atoms with Crippen LogP contribution < -0.4 is 9.47 Å². The minimum Gasteiger partial charge on any atom is -0.497 e. The summed E-state index contributed by atoms with van der Waals surface area (Å²) in [5.74, 6) is 1.15. The third-order valence-electron chi connectivity index (χ3n) is 2.90. The van der Waals surface area contributed by atoms with E-state index in [0.717, 1.165) is 11.1 Å². The molecule has 0 spiro atoms. The van der Waals surface area contributed by atoms with E-state index in [1.54, 1.807) is 26.4 Å². The van der Waals surface area contributed by atoms with Crippen molar-refractivity contribution in [2.45, 2.75) is 4.83 Å². The molecule has 0 fully saturated rings. The highest BCUT2D eigenvalue weighted by molar-refractivity contribution is 9.10. The standard InChI is InChI=1S/C15H13Br2FO2/c1-19-11-5-10(6-12(8-11)20-2)15(17)9-3-4-14(18)13(16)7-9/h3-8,15H,1-2H3. The number of rotatable bonds is 4. The highest BCUT2D eigenvalue weighted by Crippen LogP contribution is 2.36. The van der Waals surface area contributed by atoms with Gasteiger partial charge in [0.25, 0.3) is 0 Å². The van der Waals surface area contributed by atoms with Crippen LogP contribution in [0.5, 0.6) is 11.5 Å². The van der Waals surface area contributed by atoms with Crippen molar-refractivity contribution in [1.82, 2.24) is 0 Å². The molecule has 0 amide bonds. The molecule has 106 valence electrons. The first-order chi connectivity index (χ1) is 9.55. The maximum absolute atomic E-state index is 13.3. The van der Waals surface area contributed by atoms with E-state index in [9.17, 15) is 4.39 Å². The minimum absolute atomic E-state index is 0.0802. The van der Waals surface area contributed by atoms with Crippen molar-refractivity contribution in [3.8, 4) is 11.5 Å². The lowest BCUT2D eigenvalue weighted by Crippen LogP contribution is -1.96. The van der Waals surface area contributed by atoms with Crippen LogP contribution in [0.1, 0.15) is 16.0 Å². The van der Waals surface area contributed by atoms with Crippen molar-refractivity contribution in [1.29, 1.82) is 0 Å². The Bertz CT molecular complexity index is 595. The first-order valence-electron chi connectivity index (χ1n) is 5.87. The Kier molecular flexibility index (Phi) is 5.05. The lowest BCUT2D eigenvalue weighted by Gasteiger charge is -2.14. The van der Waals surface area contributed by atoms with Crippen LogP contribution in [-0.4, -0.2) is 14.2 Å². The van der Waals surface area contributed by atoms with Crippen LogP contribution in [0.25, 0.3) is 0 Å². The second-order valence-electron chi connectivity index (χ2n) is 4.18. The van der Waals surface area contributed by atoms with Crippen LogP contribution in [-0.2, 0) is 0 Å². The Balaban J connectivity index is 2.41. The maximum atomic E-state index is 13.3. The molecule has 0 radical (unpaired) electrons. The van der Waals surface area contributed by atoms with Crippen molar-refractivity contribution in [2.75, 3.05) is 14.2 Å². The van der Waals surface area contributed by atoms with Gasteiger partial charge in [0.05, 0.1) is 23.5 Å². The fraction of sp³-hybridized carbons (Fsp3) is 0.200. The minimum atomic E-state index is -0.281. The SMILES string of the molecule is COc1cc(OC)cc(C(Br)c2ccc(F)c(Br)c2)c1. The zero-order valence-corrected chi connectivity index (χ0v) is 14.2. The van der Waals surface area contributed by atoms with Crippen LogP contribution in [0.3, 0.4) is 0 Å². The smallest absolute Gasteiger partial charge is 0.137 e. The molecule has 0 aliphatic carbocycles. The molecule has 1 unspecified atom stereocenters. The molecule has 0 aliphatic rings. The fourth-order valence-corrected chi connectivity index (χ4v) is 2.78. The van der Waals surface area contributed by atoms with Gasteiger partial charge >= 0.3 is 0 Å². The average Bonchev–Trinajstić information content (AvgIpc) is 2.48. The van der Waals surface area contributed by atoms with Crippen molar-refractivity contribution in [3.05, 3.63) is 57.8 Å². The van der Waals surface area contributed by atoms with Crippen molar-refractivity contribution < 1.29 is 13.9 Å². The Morgan fingerprint density at radius 2 is 1.55 bits per heavy atom. The number of methoxy groups -OCH3 is 2. The van der Waals surface area contributed by atoms with E-state index < -0.39 is 0 Å². The summed E-state index contributed by atoms with van der Waals surface area (Å²) in [6, 6.07) is 10.6. The summed E-state index contributed by atoms with van der Waals surface area (Å²) in [5, 5.41) is 0. The molecule has 0 aromatic heterocycles. The van der Waals surface area contributed by atoms with E-state index in [0.29, 0.717) is 16.0 Å². The van der Waals surface area contributed by atoms with Crippen molar-refractivity contribution in [2.24, 2.45) is 0 Å². The summed E-state index contributed by atoms with van der Waals surface area (Å²) in [4.78, 5) is -0.0802. The lowest BCUT2D eigenvalue weighted by atomic mass is 10.0. The van der Waals surface area contributed by atoms with Gasteiger partial charge in [0.2, 0.25) is 0 Å². The highest BCUT2D eigenvalue weighted by atomic mass is 79.9. The molecule has 2 aromatic rings.